The Kier molecular flexibility index (Phi) is 7.20. The van der Waals surface area contributed by atoms with Crippen molar-refractivity contribution in [2.24, 2.45) is 5.41 Å². The molecule has 0 aliphatic heterocycles. The lowest BCUT2D eigenvalue weighted by atomic mass is 9.83. The van der Waals surface area contributed by atoms with Crippen LogP contribution in [0, 0.1) is 5.41 Å². The zero-order valence-corrected chi connectivity index (χ0v) is 10.5. The minimum absolute atomic E-state index is 0.334. The molecular formula is C12H27NO. The second kappa shape index (κ2) is 7.24. The zero-order chi connectivity index (χ0) is 11.0. The van der Waals surface area contributed by atoms with Crippen molar-refractivity contribution in [3.63, 3.8) is 0 Å². The van der Waals surface area contributed by atoms with Gasteiger partial charge in [0.25, 0.3) is 0 Å². The van der Waals surface area contributed by atoms with Crippen LogP contribution in [0.1, 0.15) is 47.5 Å². The van der Waals surface area contributed by atoms with Crippen LogP contribution in [0.3, 0.4) is 0 Å². The lowest BCUT2D eigenvalue weighted by Crippen LogP contribution is -2.40. The Balaban J connectivity index is 4.07. The molecule has 1 N–H and O–H groups in total. The molecule has 0 aliphatic rings. The van der Waals surface area contributed by atoms with E-state index < -0.39 is 0 Å². The number of ether oxygens (including phenoxy) is 1. The predicted molar refractivity (Wildman–Crippen MR) is 62.6 cm³/mol. The first-order chi connectivity index (χ1) is 6.60. The molecule has 0 aliphatic carbocycles. The van der Waals surface area contributed by atoms with Crippen molar-refractivity contribution >= 4 is 0 Å². The van der Waals surface area contributed by atoms with Gasteiger partial charge in [0.1, 0.15) is 0 Å². The summed E-state index contributed by atoms with van der Waals surface area (Å²) in [7, 11) is 0. The Bertz CT molecular complexity index is 130. The highest BCUT2D eigenvalue weighted by molar-refractivity contribution is 4.79. The molecule has 14 heavy (non-hydrogen) atoms. The van der Waals surface area contributed by atoms with Gasteiger partial charge in [-0.15, -0.1) is 0 Å². The molecule has 0 bridgehead atoms. The van der Waals surface area contributed by atoms with Crippen molar-refractivity contribution in [2.45, 2.75) is 53.5 Å². The quantitative estimate of drug-likeness (QED) is 0.652. The Hall–Kier alpha value is -0.0800. The number of hydrogen-bond donors (Lipinski definition) is 1. The molecule has 0 aromatic rings. The van der Waals surface area contributed by atoms with Gasteiger partial charge in [-0.3, -0.25) is 0 Å². The van der Waals surface area contributed by atoms with Gasteiger partial charge in [0.15, 0.2) is 0 Å². The Morgan fingerprint density at radius 2 is 1.71 bits per heavy atom. The maximum absolute atomic E-state index is 5.57. The third-order valence-electron chi connectivity index (χ3n) is 3.00. The second-order valence-corrected chi connectivity index (χ2v) is 4.38. The Morgan fingerprint density at radius 3 is 2.07 bits per heavy atom. The van der Waals surface area contributed by atoms with E-state index in [-0.39, 0.29) is 0 Å². The molecule has 2 nitrogen and oxygen atoms in total. The average Bonchev–Trinajstić information content (AvgIpc) is 2.19. The molecule has 0 unspecified atom stereocenters. The smallest absolute Gasteiger partial charge is 0.0534 e. The van der Waals surface area contributed by atoms with E-state index in [1.54, 1.807) is 0 Å². The van der Waals surface area contributed by atoms with E-state index in [2.05, 4.69) is 39.9 Å². The summed E-state index contributed by atoms with van der Waals surface area (Å²) in [5.74, 6) is 0. The van der Waals surface area contributed by atoms with E-state index in [0.717, 1.165) is 19.8 Å². The monoisotopic (exact) mass is 201 g/mol. The minimum atomic E-state index is 0.334. The second-order valence-electron chi connectivity index (χ2n) is 4.38. The van der Waals surface area contributed by atoms with Gasteiger partial charge in [-0.2, -0.15) is 0 Å². The molecule has 0 radical (unpaired) electrons. The van der Waals surface area contributed by atoms with Gasteiger partial charge < -0.3 is 10.1 Å². The predicted octanol–water partition coefficient (Wildman–Crippen LogP) is 2.83. The van der Waals surface area contributed by atoms with Gasteiger partial charge in [-0.25, -0.2) is 0 Å². The van der Waals surface area contributed by atoms with E-state index in [1.807, 2.05) is 0 Å². The Labute approximate surface area is 89.4 Å². The van der Waals surface area contributed by atoms with Gasteiger partial charge in [0.05, 0.1) is 6.61 Å². The molecule has 0 saturated carbocycles. The lowest BCUT2D eigenvalue weighted by molar-refractivity contribution is 0.0434. The van der Waals surface area contributed by atoms with Crippen molar-refractivity contribution in [1.29, 1.82) is 0 Å². The molecule has 0 amide bonds. The van der Waals surface area contributed by atoms with Crippen LogP contribution < -0.4 is 5.32 Å². The highest BCUT2D eigenvalue weighted by atomic mass is 16.5. The molecule has 0 atom stereocenters. The van der Waals surface area contributed by atoms with Crippen molar-refractivity contribution in [2.75, 3.05) is 19.8 Å². The maximum atomic E-state index is 5.57. The summed E-state index contributed by atoms with van der Waals surface area (Å²) in [6.07, 6.45) is 2.37. The van der Waals surface area contributed by atoms with Crippen LogP contribution in [0.5, 0.6) is 0 Å². The van der Waals surface area contributed by atoms with Crippen LogP contribution in [-0.2, 0) is 4.74 Å². The van der Waals surface area contributed by atoms with Gasteiger partial charge >= 0.3 is 0 Å². The van der Waals surface area contributed by atoms with E-state index in [9.17, 15) is 0 Å². The fourth-order valence-electron chi connectivity index (χ4n) is 1.49. The average molecular weight is 201 g/mol. The molecule has 0 saturated heterocycles. The normalized spacial score (nSPS) is 12.4. The molecule has 2 heteroatoms. The zero-order valence-electron chi connectivity index (χ0n) is 10.5. The van der Waals surface area contributed by atoms with Gasteiger partial charge in [0.2, 0.25) is 0 Å². The minimum Gasteiger partial charge on any atom is -0.381 e. The van der Waals surface area contributed by atoms with Crippen molar-refractivity contribution in [3.05, 3.63) is 0 Å². The van der Waals surface area contributed by atoms with Crippen molar-refractivity contribution < 1.29 is 4.74 Å². The van der Waals surface area contributed by atoms with Crippen molar-refractivity contribution in [3.8, 4) is 0 Å². The SMILES string of the molecule is CCOCC(CC)(CC)CNC(C)C. The third-order valence-corrected chi connectivity index (χ3v) is 3.00. The topological polar surface area (TPSA) is 21.3 Å². The standard InChI is InChI=1S/C12H27NO/c1-6-12(7-2,10-14-8-3)9-13-11(4)5/h11,13H,6-10H2,1-5H3. The van der Waals surface area contributed by atoms with Crippen molar-refractivity contribution in [1.82, 2.24) is 5.32 Å². The van der Waals surface area contributed by atoms with Gasteiger partial charge in [-0.05, 0) is 19.8 Å². The van der Waals surface area contributed by atoms with Gasteiger partial charge in [-0.1, -0.05) is 27.7 Å². The first-order valence-corrected chi connectivity index (χ1v) is 5.91. The van der Waals surface area contributed by atoms with E-state index in [4.69, 9.17) is 4.74 Å². The van der Waals surface area contributed by atoms with Gasteiger partial charge in [0, 0.05) is 24.6 Å². The summed E-state index contributed by atoms with van der Waals surface area (Å²) in [5.41, 5.74) is 0.334. The molecule has 0 fully saturated rings. The molecule has 86 valence electrons. The van der Waals surface area contributed by atoms with Crippen LogP contribution in [0.4, 0.5) is 0 Å². The van der Waals surface area contributed by atoms with Crippen LogP contribution in [0.15, 0.2) is 0 Å². The molecule has 0 aromatic heterocycles. The van der Waals surface area contributed by atoms with E-state index in [0.29, 0.717) is 11.5 Å². The van der Waals surface area contributed by atoms with E-state index >= 15 is 0 Å². The molecule has 0 heterocycles. The van der Waals surface area contributed by atoms with E-state index in [1.165, 1.54) is 12.8 Å². The molecule has 0 spiro atoms. The van der Waals surface area contributed by atoms with Crippen LogP contribution in [-0.4, -0.2) is 25.8 Å². The summed E-state index contributed by atoms with van der Waals surface area (Å²) in [4.78, 5) is 0. The first kappa shape index (κ1) is 13.9. The third kappa shape index (κ3) is 4.97. The largest absolute Gasteiger partial charge is 0.381 e. The Morgan fingerprint density at radius 1 is 1.14 bits per heavy atom. The highest BCUT2D eigenvalue weighted by Crippen LogP contribution is 2.25. The molecule has 0 aromatic carbocycles. The fraction of sp³-hybridized carbons (Fsp3) is 1.00. The van der Waals surface area contributed by atoms with Crippen LogP contribution in [0.25, 0.3) is 0 Å². The summed E-state index contributed by atoms with van der Waals surface area (Å²) in [6.45, 7) is 13.7. The summed E-state index contributed by atoms with van der Waals surface area (Å²) in [6, 6.07) is 0.564. The lowest BCUT2D eigenvalue weighted by Gasteiger charge is -2.32. The number of rotatable bonds is 8. The number of hydrogen-bond acceptors (Lipinski definition) is 2. The molecule has 0 rings (SSSR count). The summed E-state index contributed by atoms with van der Waals surface area (Å²) >= 11 is 0. The fourth-order valence-corrected chi connectivity index (χ4v) is 1.49. The van der Waals surface area contributed by atoms with Crippen LogP contribution >= 0.6 is 0 Å². The first-order valence-electron chi connectivity index (χ1n) is 5.91. The number of nitrogens with one attached hydrogen (secondary N) is 1. The summed E-state index contributed by atoms with van der Waals surface area (Å²) < 4.78 is 5.57. The highest BCUT2D eigenvalue weighted by Gasteiger charge is 2.26. The van der Waals surface area contributed by atoms with Crippen LogP contribution in [0.2, 0.25) is 0 Å². The molecular weight excluding hydrogens is 174 g/mol. The maximum Gasteiger partial charge on any atom is 0.0534 e. The summed E-state index contributed by atoms with van der Waals surface area (Å²) in [5, 5.41) is 3.52.